The Morgan fingerprint density at radius 1 is 1.15 bits per heavy atom. The summed E-state index contributed by atoms with van der Waals surface area (Å²) in [6, 6.07) is 8.54. The second-order valence-electron chi connectivity index (χ2n) is 6.68. The third-order valence-electron chi connectivity index (χ3n) is 3.60. The highest BCUT2D eigenvalue weighted by Gasteiger charge is 2.17. The van der Waals surface area contributed by atoms with Crippen molar-refractivity contribution in [1.82, 2.24) is 5.16 Å². The molecule has 7 heteroatoms. The van der Waals surface area contributed by atoms with Crippen molar-refractivity contribution in [3.63, 3.8) is 0 Å². The number of aromatic nitrogens is 1. The van der Waals surface area contributed by atoms with Gasteiger partial charge in [-0.05, 0) is 37.0 Å². The van der Waals surface area contributed by atoms with Crippen LogP contribution in [0.3, 0.4) is 0 Å². The molecule has 0 aliphatic heterocycles. The molecule has 7 nitrogen and oxygen atoms in total. The minimum Gasteiger partial charge on any atom is -0.461 e. The van der Waals surface area contributed by atoms with Gasteiger partial charge in [-0.25, -0.2) is 9.59 Å². The molecule has 0 spiro atoms. The Morgan fingerprint density at radius 3 is 2.38 bits per heavy atom. The lowest BCUT2D eigenvalue weighted by atomic mass is 9.87. The van der Waals surface area contributed by atoms with E-state index in [1.807, 2.05) is 12.1 Å². The van der Waals surface area contributed by atoms with Crippen LogP contribution >= 0.6 is 0 Å². The van der Waals surface area contributed by atoms with Crippen LogP contribution in [0, 0.1) is 0 Å². The summed E-state index contributed by atoms with van der Waals surface area (Å²) in [4.78, 5) is 28.6. The van der Waals surface area contributed by atoms with Crippen LogP contribution in [-0.4, -0.2) is 29.4 Å². The number of nitrogens with zero attached hydrogens (tertiary/aromatic N) is 2. The Morgan fingerprint density at radius 2 is 1.81 bits per heavy atom. The van der Waals surface area contributed by atoms with E-state index in [9.17, 15) is 9.59 Å². The van der Waals surface area contributed by atoms with Gasteiger partial charge in [0, 0.05) is 6.07 Å². The summed E-state index contributed by atoms with van der Waals surface area (Å²) in [6.07, 6.45) is 0. The minimum absolute atomic E-state index is 0.0000939. The number of rotatable bonds is 5. The smallest absolute Gasteiger partial charge is 0.365 e. The van der Waals surface area contributed by atoms with Gasteiger partial charge in [0.05, 0.1) is 12.2 Å². The number of ether oxygens (including phenoxy) is 1. The van der Waals surface area contributed by atoms with Gasteiger partial charge in [-0.2, -0.15) is 0 Å². The van der Waals surface area contributed by atoms with E-state index in [0.29, 0.717) is 5.56 Å². The van der Waals surface area contributed by atoms with Gasteiger partial charge in [0.15, 0.2) is 11.5 Å². The molecule has 0 bridgehead atoms. The summed E-state index contributed by atoms with van der Waals surface area (Å²) >= 11 is 0. The van der Waals surface area contributed by atoms with E-state index in [1.165, 1.54) is 6.07 Å². The molecule has 0 amide bonds. The largest absolute Gasteiger partial charge is 0.461 e. The third-order valence-corrected chi connectivity index (χ3v) is 3.60. The fourth-order valence-electron chi connectivity index (χ4n) is 2.06. The SMILES string of the molecule is CCOC(=O)c1cc(C(C)=NOC(=O)c2ccc(C(C)(C)C)cc2)on1. The van der Waals surface area contributed by atoms with E-state index < -0.39 is 11.9 Å². The Hall–Kier alpha value is -2.96. The van der Waals surface area contributed by atoms with Crippen LogP contribution < -0.4 is 0 Å². The van der Waals surface area contributed by atoms with Gasteiger partial charge in [-0.3, -0.25) is 0 Å². The van der Waals surface area contributed by atoms with Crippen LogP contribution in [-0.2, 0) is 15.0 Å². The topological polar surface area (TPSA) is 91.0 Å². The minimum atomic E-state index is -0.591. The Kier molecular flexibility index (Phi) is 5.92. The lowest BCUT2D eigenvalue weighted by Gasteiger charge is -2.18. The second kappa shape index (κ2) is 7.95. The number of oxime groups is 1. The van der Waals surface area contributed by atoms with Crippen LogP contribution in [0.1, 0.15) is 66.8 Å². The van der Waals surface area contributed by atoms with Crippen LogP contribution in [0.25, 0.3) is 0 Å². The summed E-state index contributed by atoms with van der Waals surface area (Å²) < 4.78 is 9.84. The van der Waals surface area contributed by atoms with Crippen molar-refractivity contribution < 1.29 is 23.7 Å². The summed E-state index contributed by atoms with van der Waals surface area (Å²) in [6.45, 7) is 9.78. The first-order valence-electron chi connectivity index (χ1n) is 8.23. The zero-order valence-electron chi connectivity index (χ0n) is 15.5. The molecule has 0 N–H and O–H groups in total. The van der Waals surface area contributed by atoms with E-state index in [-0.39, 0.29) is 29.2 Å². The lowest BCUT2D eigenvalue weighted by molar-refractivity contribution is 0.0507. The van der Waals surface area contributed by atoms with E-state index in [4.69, 9.17) is 14.1 Å². The number of carbonyl (C=O) groups excluding carboxylic acids is 2. The lowest BCUT2D eigenvalue weighted by Crippen LogP contribution is -2.11. The van der Waals surface area contributed by atoms with Crippen LogP contribution in [0.2, 0.25) is 0 Å². The molecule has 1 aromatic heterocycles. The Balaban J connectivity index is 2.04. The molecule has 0 saturated carbocycles. The van der Waals surface area contributed by atoms with Gasteiger partial charge in [-0.15, -0.1) is 0 Å². The van der Waals surface area contributed by atoms with Crippen molar-refractivity contribution in [2.45, 2.75) is 40.0 Å². The molecule has 0 unspecified atom stereocenters. The van der Waals surface area contributed by atoms with Crippen molar-refractivity contribution >= 4 is 17.7 Å². The zero-order chi connectivity index (χ0) is 19.3. The Labute approximate surface area is 152 Å². The van der Waals surface area contributed by atoms with E-state index in [1.54, 1.807) is 26.0 Å². The van der Waals surface area contributed by atoms with Gasteiger partial charge in [0.2, 0.25) is 0 Å². The maximum atomic E-state index is 12.1. The third kappa shape index (κ3) is 4.78. The molecule has 0 atom stereocenters. The van der Waals surface area contributed by atoms with Crippen LogP contribution in [0.4, 0.5) is 0 Å². The van der Waals surface area contributed by atoms with E-state index in [0.717, 1.165) is 5.56 Å². The summed E-state index contributed by atoms with van der Waals surface area (Å²) in [7, 11) is 0. The van der Waals surface area contributed by atoms with Crippen molar-refractivity contribution in [1.29, 1.82) is 0 Å². The summed E-state index contributed by atoms with van der Waals surface area (Å²) in [5.41, 5.74) is 1.80. The van der Waals surface area contributed by atoms with Gasteiger partial charge in [-0.1, -0.05) is 43.2 Å². The molecule has 2 aromatic rings. The highest BCUT2D eigenvalue weighted by molar-refractivity contribution is 5.98. The van der Waals surface area contributed by atoms with Crippen LogP contribution in [0.15, 0.2) is 40.0 Å². The molecule has 0 saturated heterocycles. The standard InChI is InChI=1S/C19H22N2O5/c1-6-24-18(23)15-11-16(25-21-15)12(2)20-26-17(22)13-7-9-14(10-8-13)19(3,4)5/h7-11H,6H2,1-5H3. The number of carbonyl (C=O) groups is 2. The molecule has 0 fully saturated rings. The predicted molar refractivity (Wildman–Crippen MR) is 95.2 cm³/mol. The fraction of sp³-hybridized carbons (Fsp3) is 0.368. The van der Waals surface area contributed by atoms with Crippen molar-refractivity contribution in [3.8, 4) is 0 Å². The zero-order valence-corrected chi connectivity index (χ0v) is 15.5. The maximum absolute atomic E-state index is 12.1. The van der Waals surface area contributed by atoms with Gasteiger partial charge >= 0.3 is 11.9 Å². The highest BCUT2D eigenvalue weighted by atomic mass is 16.7. The van der Waals surface area contributed by atoms with Gasteiger partial charge in [0.25, 0.3) is 0 Å². The normalized spacial score (nSPS) is 12.0. The molecule has 138 valence electrons. The maximum Gasteiger partial charge on any atom is 0.365 e. The van der Waals surface area contributed by atoms with Crippen molar-refractivity contribution in [2.75, 3.05) is 6.61 Å². The molecular formula is C19H22N2O5. The number of hydrogen-bond acceptors (Lipinski definition) is 7. The summed E-state index contributed by atoms with van der Waals surface area (Å²) in [5.74, 6) is -0.967. The average Bonchev–Trinajstić information content (AvgIpc) is 3.09. The number of hydrogen-bond donors (Lipinski definition) is 0. The predicted octanol–water partition coefficient (Wildman–Crippen LogP) is 3.73. The van der Waals surface area contributed by atoms with Crippen molar-refractivity contribution in [2.24, 2.45) is 5.16 Å². The average molecular weight is 358 g/mol. The molecule has 2 rings (SSSR count). The monoisotopic (exact) mass is 358 g/mol. The number of benzene rings is 1. The van der Waals surface area contributed by atoms with Crippen molar-refractivity contribution in [3.05, 3.63) is 52.9 Å². The first-order chi connectivity index (χ1) is 12.2. The first kappa shape index (κ1) is 19.4. The van der Waals surface area contributed by atoms with Crippen LogP contribution in [0.5, 0.6) is 0 Å². The molecule has 0 aliphatic carbocycles. The van der Waals surface area contributed by atoms with Gasteiger partial charge in [0.1, 0.15) is 5.71 Å². The summed E-state index contributed by atoms with van der Waals surface area (Å²) in [5, 5.41) is 7.34. The highest BCUT2D eigenvalue weighted by Crippen LogP contribution is 2.22. The van der Waals surface area contributed by atoms with E-state index >= 15 is 0 Å². The molecule has 26 heavy (non-hydrogen) atoms. The molecule has 0 aliphatic rings. The number of esters is 1. The molecular weight excluding hydrogens is 336 g/mol. The molecule has 1 aromatic carbocycles. The van der Waals surface area contributed by atoms with E-state index in [2.05, 4.69) is 31.1 Å². The molecule has 0 radical (unpaired) electrons. The molecule has 1 heterocycles. The Bertz CT molecular complexity index is 813. The van der Waals surface area contributed by atoms with Gasteiger partial charge < -0.3 is 14.1 Å². The first-order valence-corrected chi connectivity index (χ1v) is 8.23. The second-order valence-corrected chi connectivity index (χ2v) is 6.68. The fourth-order valence-corrected chi connectivity index (χ4v) is 2.06. The quantitative estimate of drug-likeness (QED) is 0.350.